The van der Waals surface area contributed by atoms with Gasteiger partial charge >= 0.3 is 0 Å². The molecule has 9 rings (SSSR count). The maximum atomic E-state index is 4.77. The predicted octanol–water partition coefficient (Wildman–Crippen LogP) is 12.6. The fourth-order valence-electron chi connectivity index (χ4n) is 7.09. The first-order chi connectivity index (χ1) is 25.8. The summed E-state index contributed by atoms with van der Waals surface area (Å²) in [4.78, 5) is 4.17. The second kappa shape index (κ2) is 13.7. The van der Waals surface area contributed by atoms with E-state index in [1.54, 1.807) is 4.80 Å². The number of fused-ring (bicyclic) bond motifs is 1. The molecule has 52 heavy (non-hydrogen) atoms. The Hall–Kier alpha value is -7.04. The van der Waals surface area contributed by atoms with Gasteiger partial charge in [0.2, 0.25) is 0 Å². The van der Waals surface area contributed by atoms with E-state index in [-0.39, 0.29) is 0 Å². The highest BCUT2D eigenvalue weighted by molar-refractivity contribution is 5.99. The first kappa shape index (κ1) is 31.0. The van der Waals surface area contributed by atoms with Gasteiger partial charge in [-0.05, 0) is 70.3 Å². The molecule has 0 saturated carbocycles. The fourth-order valence-corrected chi connectivity index (χ4v) is 7.09. The van der Waals surface area contributed by atoms with Gasteiger partial charge in [0.05, 0.1) is 22.7 Å². The van der Waals surface area contributed by atoms with Gasteiger partial charge in [-0.3, -0.25) is 0 Å². The van der Waals surface area contributed by atoms with Gasteiger partial charge in [-0.2, -0.15) is 4.80 Å². The summed E-state index contributed by atoms with van der Waals surface area (Å²) in [7, 11) is 0. The fraction of sp³-hybridized carbons (Fsp3) is 0. The molecule has 8 aromatic carbocycles. The molecule has 9 aromatic rings. The molecule has 246 valence electrons. The first-order valence-electron chi connectivity index (χ1n) is 17.5. The second-order valence-electron chi connectivity index (χ2n) is 12.7. The van der Waals surface area contributed by atoms with E-state index in [4.69, 9.17) is 10.2 Å². The van der Waals surface area contributed by atoms with Crippen molar-refractivity contribution in [2.24, 2.45) is 0 Å². The second-order valence-corrected chi connectivity index (χ2v) is 12.7. The molecule has 0 amide bonds. The van der Waals surface area contributed by atoms with Crippen LogP contribution in [-0.2, 0) is 0 Å². The number of rotatable bonds is 8. The molecule has 1 heterocycles. The van der Waals surface area contributed by atoms with Crippen molar-refractivity contribution in [1.29, 1.82) is 0 Å². The van der Waals surface area contributed by atoms with E-state index < -0.39 is 0 Å². The van der Waals surface area contributed by atoms with E-state index in [9.17, 15) is 0 Å². The molecule has 0 unspecified atom stereocenters. The van der Waals surface area contributed by atoms with Crippen LogP contribution in [0.5, 0.6) is 0 Å². The molecule has 4 heteroatoms. The van der Waals surface area contributed by atoms with Crippen molar-refractivity contribution in [2.75, 3.05) is 4.90 Å². The maximum Gasteiger partial charge on any atom is 0.113 e. The number of aromatic nitrogens is 3. The van der Waals surface area contributed by atoms with Crippen molar-refractivity contribution in [3.63, 3.8) is 0 Å². The Morgan fingerprint density at radius 3 is 1.27 bits per heavy atom. The number of hydrogen-bond donors (Lipinski definition) is 0. The summed E-state index contributed by atoms with van der Waals surface area (Å²) in [5, 5.41) is 9.54. The van der Waals surface area contributed by atoms with Gasteiger partial charge in [0.25, 0.3) is 0 Å². The molecule has 0 atom stereocenters. The summed E-state index contributed by atoms with van der Waals surface area (Å²) in [5.41, 5.74) is 15.0. The molecule has 0 fully saturated rings. The quantitative estimate of drug-likeness (QED) is 0.162. The van der Waals surface area contributed by atoms with Gasteiger partial charge in [-0.1, -0.05) is 164 Å². The predicted molar refractivity (Wildman–Crippen MR) is 215 cm³/mol. The number of benzene rings is 8. The monoisotopic (exact) mass is 666 g/mol. The summed E-state index contributed by atoms with van der Waals surface area (Å²) in [6, 6.07) is 72.6. The van der Waals surface area contributed by atoms with Crippen LogP contribution in [0.3, 0.4) is 0 Å². The smallest absolute Gasteiger partial charge is 0.113 e. The van der Waals surface area contributed by atoms with Crippen LogP contribution in [0.1, 0.15) is 0 Å². The molecule has 0 N–H and O–H groups in total. The first-order valence-corrected chi connectivity index (χ1v) is 17.5. The Bertz CT molecular complexity index is 2530. The standard InChI is InChI=1S/C48H34N4/c1-3-18-35(19-4-1)40-25-9-14-31-46(40)51(47-32-15-10-26-41(47)36-20-5-2-6-21-36)48-33-16-11-28-43(48)42-27-8-7-24-39(42)37-22-17-23-38(34-37)52-49-44-29-12-13-30-45(44)50-52/h1-34H. The normalized spacial score (nSPS) is 11.1. The average molecular weight is 667 g/mol. The minimum absolute atomic E-state index is 0.869. The van der Waals surface area contributed by atoms with E-state index >= 15 is 0 Å². The van der Waals surface area contributed by atoms with Crippen molar-refractivity contribution in [3.8, 4) is 50.2 Å². The zero-order valence-corrected chi connectivity index (χ0v) is 28.4. The highest BCUT2D eigenvalue weighted by Gasteiger charge is 2.23. The van der Waals surface area contributed by atoms with Crippen LogP contribution in [0.15, 0.2) is 206 Å². The average Bonchev–Trinajstić information content (AvgIpc) is 3.67. The summed E-state index contributed by atoms with van der Waals surface area (Å²) in [5.74, 6) is 0. The largest absolute Gasteiger partial charge is 0.309 e. The summed E-state index contributed by atoms with van der Waals surface area (Å²) in [6.07, 6.45) is 0. The lowest BCUT2D eigenvalue weighted by Crippen LogP contribution is -2.13. The third kappa shape index (κ3) is 5.82. The Labute approximate surface area is 303 Å². The molecule has 0 bridgehead atoms. The third-order valence-corrected chi connectivity index (χ3v) is 9.50. The maximum absolute atomic E-state index is 4.77. The van der Waals surface area contributed by atoms with E-state index in [2.05, 4.69) is 187 Å². The minimum atomic E-state index is 0.869. The molecule has 0 spiro atoms. The minimum Gasteiger partial charge on any atom is -0.309 e. The van der Waals surface area contributed by atoms with Crippen LogP contribution in [0, 0.1) is 0 Å². The van der Waals surface area contributed by atoms with Crippen molar-refractivity contribution < 1.29 is 0 Å². The number of nitrogens with zero attached hydrogens (tertiary/aromatic N) is 4. The van der Waals surface area contributed by atoms with Crippen LogP contribution < -0.4 is 4.90 Å². The van der Waals surface area contributed by atoms with Gasteiger partial charge in [0.15, 0.2) is 0 Å². The van der Waals surface area contributed by atoms with Crippen LogP contribution >= 0.6 is 0 Å². The van der Waals surface area contributed by atoms with Gasteiger partial charge in [-0.25, -0.2) is 0 Å². The molecule has 4 nitrogen and oxygen atoms in total. The number of anilines is 3. The van der Waals surface area contributed by atoms with Crippen LogP contribution in [-0.4, -0.2) is 15.0 Å². The molecule has 0 aliphatic rings. The van der Waals surface area contributed by atoms with Gasteiger partial charge in [0, 0.05) is 16.7 Å². The Morgan fingerprint density at radius 1 is 0.308 bits per heavy atom. The van der Waals surface area contributed by atoms with Crippen molar-refractivity contribution in [3.05, 3.63) is 206 Å². The van der Waals surface area contributed by atoms with Crippen LogP contribution in [0.2, 0.25) is 0 Å². The Kier molecular flexibility index (Phi) is 8.16. The van der Waals surface area contributed by atoms with Crippen LogP contribution in [0.4, 0.5) is 17.1 Å². The number of hydrogen-bond acceptors (Lipinski definition) is 3. The third-order valence-electron chi connectivity index (χ3n) is 9.50. The SMILES string of the molecule is c1ccc(-c2ccccc2N(c2ccccc2-c2ccccc2)c2ccccc2-c2ccccc2-c2cccc(-n3nc4ccccc4n3)c2)cc1. The molecular formula is C48H34N4. The molecule has 0 aliphatic carbocycles. The zero-order valence-electron chi connectivity index (χ0n) is 28.4. The van der Waals surface area contributed by atoms with Crippen molar-refractivity contribution >= 4 is 28.1 Å². The van der Waals surface area contributed by atoms with E-state index in [0.717, 1.165) is 78.3 Å². The van der Waals surface area contributed by atoms with Gasteiger partial charge < -0.3 is 4.90 Å². The summed E-state index contributed by atoms with van der Waals surface area (Å²) >= 11 is 0. The lowest BCUT2D eigenvalue weighted by atomic mass is 9.92. The summed E-state index contributed by atoms with van der Waals surface area (Å²) < 4.78 is 0. The Balaban J connectivity index is 1.25. The molecule has 0 aliphatic heterocycles. The van der Waals surface area contributed by atoms with E-state index in [1.165, 1.54) is 0 Å². The highest BCUT2D eigenvalue weighted by Crippen LogP contribution is 2.48. The highest BCUT2D eigenvalue weighted by atomic mass is 15.5. The summed E-state index contributed by atoms with van der Waals surface area (Å²) in [6.45, 7) is 0. The molecule has 1 aromatic heterocycles. The molecular weight excluding hydrogens is 633 g/mol. The van der Waals surface area contributed by atoms with Gasteiger partial charge in [0.1, 0.15) is 11.0 Å². The van der Waals surface area contributed by atoms with E-state index in [1.807, 2.05) is 24.3 Å². The molecule has 0 radical (unpaired) electrons. The van der Waals surface area contributed by atoms with Crippen molar-refractivity contribution in [1.82, 2.24) is 15.0 Å². The molecule has 0 saturated heterocycles. The number of para-hydroxylation sites is 3. The lowest BCUT2D eigenvalue weighted by Gasteiger charge is -2.32. The lowest BCUT2D eigenvalue weighted by molar-refractivity contribution is 0.766. The van der Waals surface area contributed by atoms with Crippen LogP contribution in [0.25, 0.3) is 61.2 Å². The van der Waals surface area contributed by atoms with E-state index in [0.29, 0.717) is 0 Å². The van der Waals surface area contributed by atoms with Crippen molar-refractivity contribution in [2.45, 2.75) is 0 Å². The topological polar surface area (TPSA) is 34.0 Å². The van der Waals surface area contributed by atoms with Gasteiger partial charge in [-0.15, -0.1) is 10.2 Å². The zero-order chi connectivity index (χ0) is 34.7. The Morgan fingerprint density at radius 2 is 0.712 bits per heavy atom.